The number of imidazole rings is 1. The van der Waals surface area contributed by atoms with Crippen molar-refractivity contribution in [2.45, 2.75) is 6.92 Å². The van der Waals surface area contributed by atoms with Crippen molar-refractivity contribution in [1.82, 2.24) is 9.38 Å². The first-order valence-electron chi connectivity index (χ1n) is 7.11. The first kappa shape index (κ1) is 12.9. The Morgan fingerprint density at radius 1 is 1.27 bits per heavy atom. The fourth-order valence-corrected chi connectivity index (χ4v) is 2.72. The van der Waals surface area contributed by atoms with Crippen LogP contribution in [-0.4, -0.2) is 28.9 Å². The summed E-state index contributed by atoms with van der Waals surface area (Å²) in [5, 5.41) is 0. The van der Waals surface area contributed by atoms with E-state index in [2.05, 4.69) is 0 Å². The van der Waals surface area contributed by atoms with E-state index in [4.69, 9.17) is 9.72 Å². The molecule has 0 spiro atoms. The minimum atomic E-state index is -0.0458. The maximum absolute atomic E-state index is 11.8. The van der Waals surface area contributed by atoms with Crippen molar-refractivity contribution in [2.75, 3.05) is 18.6 Å². The Morgan fingerprint density at radius 3 is 2.95 bits per heavy atom. The third-order valence-corrected chi connectivity index (χ3v) is 4.02. The van der Waals surface area contributed by atoms with Gasteiger partial charge in [-0.1, -0.05) is 6.07 Å². The van der Waals surface area contributed by atoms with E-state index in [1.165, 1.54) is 0 Å². The summed E-state index contributed by atoms with van der Waals surface area (Å²) in [5.74, 6) is 0.682. The van der Waals surface area contributed by atoms with Gasteiger partial charge in [-0.15, -0.1) is 0 Å². The van der Waals surface area contributed by atoms with E-state index in [1.807, 2.05) is 54.0 Å². The van der Waals surface area contributed by atoms with Gasteiger partial charge >= 0.3 is 0 Å². The number of hydrogen-bond donors (Lipinski definition) is 0. The molecule has 5 nitrogen and oxygen atoms in total. The SMILES string of the molecule is Cc1cccn2cc(-c3ccc4c(c3)N(C)C(=O)CO4)nc12. The summed E-state index contributed by atoms with van der Waals surface area (Å²) in [6, 6.07) is 9.85. The minimum absolute atomic E-state index is 0.0458. The van der Waals surface area contributed by atoms with Gasteiger partial charge < -0.3 is 14.0 Å². The molecule has 5 heteroatoms. The Balaban J connectivity index is 1.85. The predicted octanol–water partition coefficient (Wildman–Crippen LogP) is 2.66. The highest BCUT2D eigenvalue weighted by atomic mass is 16.5. The van der Waals surface area contributed by atoms with Gasteiger partial charge in [0.05, 0.1) is 11.4 Å². The lowest BCUT2D eigenvalue weighted by Gasteiger charge is -2.26. The first-order valence-corrected chi connectivity index (χ1v) is 7.11. The average Bonchev–Trinajstić information content (AvgIpc) is 2.96. The first-order chi connectivity index (χ1) is 10.6. The smallest absolute Gasteiger partial charge is 0.264 e. The van der Waals surface area contributed by atoms with E-state index in [0.29, 0.717) is 0 Å². The van der Waals surface area contributed by atoms with E-state index in [1.54, 1.807) is 11.9 Å². The number of pyridine rings is 1. The van der Waals surface area contributed by atoms with Crippen LogP contribution in [0.3, 0.4) is 0 Å². The number of aryl methyl sites for hydroxylation is 1. The molecule has 4 rings (SSSR count). The standard InChI is InChI=1S/C17H15N3O2/c1-11-4-3-7-20-9-13(18-17(11)20)12-5-6-15-14(8-12)19(2)16(21)10-22-15/h3-9H,10H2,1-2H3. The van der Waals surface area contributed by atoms with Gasteiger partial charge in [-0.3, -0.25) is 4.79 Å². The second-order valence-corrected chi connectivity index (χ2v) is 5.47. The quantitative estimate of drug-likeness (QED) is 0.693. The summed E-state index contributed by atoms with van der Waals surface area (Å²) >= 11 is 0. The fraction of sp³-hybridized carbons (Fsp3) is 0.176. The number of carbonyl (C=O) groups excluding carboxylic acids is 1. The second-order valence-electron chi connectivity index (χ2n) is 5.47. The van der Waals surface area contributed by atoms with Gasteiger partial charge in [0.1, 0.15) is 11.4 Å². The van der Waals surface area contributed by atoms with Gasteiger partial charge in [-0.05, 0) is 36.8 Å². The zero-order chi connectivity index (χ0) is 15.3. The van der Waals surface area contributed by atoms with E-state index in [0.717, 1.165) is 33.9 Å². The van der Waals surface area contributed by atoms with Crippen LogP contribution in [0.25, 0.3) is 16.9 Å². The molecule has 0 radical (unpaired) electrons. The van der Waals surface area contributed by atoms with Gasteiger partial charge in [-0.25, -0.2) is 4.98 Å². The highest BCUT2D eigenvalue weighted by Crippen LogP contribution is 2.35. The Labute approximate surface area is 127 Å². The van der Waals surface area contributed by atoms with Crippen molar-refractivity contribution < 1.29 is 9.53 Å². The summed E-state index contributed by atoms with van der Waals surface area (Å²) in [6.07, 6.45) is 3.98. The number of aromatic nitrogens is 2. The number of benzene rings is 1. The molecule has 0 fully saturated rings. The van der Waals surface area contributed by atoms with Gasteiger partial charge in [0.2, 0.25) is 0 Å². The number of carbonyl (C=O) groups is 1. The molecule has 0 N–H and O–H groups in total. The molecule has 22 heavy (non-hydrogen) atoms. The average molecular weight is 293 g/mol. The number of ether oxygens (including phenoxy) is 1. The molecular weight excluding hydrogens is 278 g/mol. The maximum Gasteiger partial charge on any atom is 0.264 e. The lowest BCUT2D eigenvalue weighted by Crippen LogP contribution is -2.35. The highest BCUT2D eigenvalue weighted by molar-refractivity contribution is 5.98. The Morgan fingerprint density at radius 2 is 2.14 bits per heavy atom. The van der Waals surface area contributed by atoms with E-state index < -0.39 is 0 Å². The molecule has 1 aromatic carbocycles. The monoisotopic (exact) mass is 293 g/mol. The molecule has 0 atom stereocenters. The largest absolute Gasteiger partial charge is 0.482 e. The maximum atomic E-state index is 11.8. The lowest BCUT2D eigenvalue weighted by atomic mass is 10.1. The number of amides is 1. The normalized spacial score (nSPS) is 14.1. The zero-order valence-electron chi connectivity index (χ0n) is 12.4. The van der Waals surface area contributed by atoms with Crippen LogP contribution in [0.4, 0.5) is 5.69 Å². The van der Waals surface area contributed by atoms with E-state index >= 15 is 0 Å². The molecule has 1 aliphatic rings. The van der Waals surface area contributed by atoms with Crippen LogP contribution in [0.5, 0.6) is 5.75 Å². The van der Waals surface area contributed by atoms with Gasteiger partial charge in [0, 0.05) is 25.0 Å². The number of rotatable bonds is 1. The van der Waals surface area contributed by atoms with Crippen LogP contribution >= 0.6 is 0 Å². The van der Waals surface area contributed by atoms with Gasteiger partial charge in [0.25, 0.3) is 5.91 Å². The third kappa shape index (κ3) is 1.86. The van der Waals surface area contributed by atoms with Crippen molar-refractivity contribution >= 4 is 17.2 Å². The summed E-state index contributed by atoms with van der Waals surface area (Å²) in [6.45, 7) is 2.13. The molecular formula is C17H15N3O2. The lowest BCUT2D eigenvalue weighted by molar-refractivity contribution is -0.120. The highest BCUT2D eigenvalue weighted by Gasteiger charge is 2.22. The van der Waals surface area contributed by atoms with Crippen LogP contribution in [-0.2, 0) is 4.79 Å². The molecule has 0 saturated heterocycles. The van der Waals surface area contributed by atoms with Crippen molar-refractivity contribution in [2.24, 2.45) is 0 Å². The van der Waals surface area contributed by atoms with Crippen LogP contribution < -0.4 is 9.64 Å². The Bertz CT molecular complexity index is 898. The van der Waals surface area contributed by atoms with Crippen LogP contribution in [0.15, 0.2) is 42.7 Å². The molecule has 2 aromatic heterocycles. The molecule has 110 valence electrons. The molecule has 1 aliphatic heterocycles. The summed E-state index contributed by atoms with van der Waals surface area (Å²) < 4.78 is 7.47. The fourth-order valence-electron chi connectivity index (χ4n) is 2.72. The van der Waals surface area contributed by atoms with E-state index in [9.17, 15) is 4.79 Å². The molecule has 0 unspecified atom stereocenters. The second kappa shape index (κ2) is 4.59. The van der Waals surface area contributed by atoms with Crippen LogP contribution in [0.1, 0.15) is 5.56 Å². The van der Waals surface area contributed by atoms with E-state index in [-0.39, 0.29) is 12.5 Å². The van der Waals surface area contributed by atoms with Crippen LogP contribution in [0.2, 0.25) is 0 Å². The number of anilines is 1. The van der Waals surface area contributed by atoms with Crippen molar-refractivity contribution in [3.8, 4) is 17.0 Å². The molecule has 0 aliphatic carbocycles. The van der Waals surface area contributed by atoms with Gasteiger partial charge in [0.15, 0.2) is 6.61 Å². The molecule has 0 saturated carbocycles. The number of hydrogen-bond acceptors (Lipinski definition) is 3. The summed E-state index contributed by atoms with van der Waals surface area (Å²) in [4.78, 5) is 18.1. The van der Waals surface area contributed by atoms with Crippen molar-refractivity contribution in [3.05, 3.63) is 48.3 Å². The van der Waals surface area contributed by atoms with Crippen molar-refractivity contribution in [3.63, 3.8) is 0 Å². The summed E-state index contributed by atoms with van der Waals surface area (Å²) in [7, 11) is 1.77. The molecule has 3 heterocycles. The van der Waals surface area contributed by atoms with Crippen LogP contribution in [0, 0.1) is 6.92 Å². The zero-order valence-corrected chi connectivity index (χ0v) is 12.4. The third-order valence-electron chi connectivity index (χ3n) is 4.02. The minimum Gasteiger partial charge on any atom is -0.482 e. The number of nitrogens with zero attached hydrogens (tertiary/aromatic N) is 3. The Hall–Kier alpha value is -2.82. The number of likely N-dealkylation sites (N-methyl/N-ethyl adjacent to an activating group) is 1. The topological polar surface area (TPSA) is 46.8 Å². The molecule has 0 bridgehead atoms. The summed E-state index contributed by atoms with van der Waals surface area (Å²) in [5.41, 5.74) is 4.69. The molecule has 1 amide bonds. The van der Waals surface area contributed by atoms with Gasteiger partial charge in [-0.2, -0.15) is 0 Å². The van der Waals surface area contributed by atoms with Crippen molar-refractivity contribution in [1.29, 1.82) is 0 Å². The Kier molecular flexibility index (Phi) is 2.69. The molecule has 3 aromatic rings. The predicted molar refractivity (Wildman–Crippen MR) is 84.3 cm³/mol. The number of fused-ring (bicyclic) bond motifs is 2.